The fourth-order valence-electron chi connectivity index (χ4n) is 1.30. The van der Waals surface area contributed by atoms with E-state index in [9.17, 15) is 9.90 Å². The number of hydrogen-bond acceptors (Lipinski definition) is 3. The third kappa shape index (κ3) is 4.07. The second-order valence-corrected chi connectivity index (χ2v) is 3.95. The van der Waals surface area contributed by atoms with Gasteiger partial charge < -0.3 is 14.7 Å². The van der Waals surface area contributed by atoms with Crippen molar-refractivity contribution in [1.82, 2.24) is 4.90 Å². The van der Waals surface area contributed by atoms with E-state index in [1.807, 2.05) is 13.0 Å². The van der Waals surface area contributed by atoms with Gasteiger partial charge in [-0.1, -0.05) is 12.1 Å². The molecule has 1 aromatic carbocycles. The molecule has 1 rings (SSSR count). The molecule has 4 nitrogen and oxygen atoms in total. The molecule has 0 spiro atoms. The Morgan fingerprint density at radius 2 is 2.24 bits per heavy atom. The molecule has 0 aliphatic carbocycles. The van der Waals surface area contributed by atoms with Gasteiger partial charge in [0.15, 0.2) is 6.61 Å². The maximum Gasteiger partial charge on any atom is 0.260 e. The summed E-state index contributed by atoms with van der Waals surface area (Å²) in [5.74, 6) is 0.538. The predicted molar refractivity (Wildman–Crippen MR) is 65.9 cm³/mol. The van der Waals surface area contributed by atoms with Crippen molar-refractivity contribution in [3.63, 3.8) is 0 Å². The lowest BCUT2D eigenvalue weighted by atomic mass is 10.1. The molecule has 17 heavy (non-hydrogen) atoms. The summed E-state index contributed by atoms with van der Waals surface area (Å²) in [4.78, 5) is 13.1. The van der Waals surface area contributed by atoms with Crippen molar-refractivity contribution >= 4 is 5.91 Å². The van der Waals surface area contributed by atoms with E-state index in [-0.39, 0.29) is 12.5 Å². The first-order valence-corrected chi connectivity index (χ1v) is 5.69. The van der Waals surface area contributed by atoms with E-state index < -0.39 is 6.10 Å². The Bertz CT molecular complexity index is 377. The fourth-order valence-corrected chi connectivity index (χ4v) is 1.30. The minimum absolute atomic E-state index is 0.0214. The van der Waals surface area contributed by atoms with Crippen LogP contribution in [0.4, 0.5) is 0 Å². The van der Waals surface area contributed by atoms with Crippen LogP contribution >= 0.6 is 0 Å². The number of amides is 1. The van der Waals surface area contributed by atoms with Gasteiger partial charge >= 0.3 is 0 Å². The lowest BCUT2D eigenvalue weighted by molar-refractivity contribution is -0.131. The van der Waals surface area contributed by atoms with E-state index in [0.29, 0.717) is 12.3 Å². The summed E-state index contributed by atoms with van der Waals surface area (Å²) >= 11 is 0. The van der Waals surface area contributed by atoms with Gasteiger partial charge in [0.2, 0.25) is 0 Å². The summed E-state index contributed by atoms with van der Waals surface area (Å²) in [5.41, 5.74) is 0.777. The van der Waals surface area contributed by atoms with Crippen LogP contribution in [0.2, 0.25) is 0 Å². The van der Waals surface area contributed by atoms with Crippen LogP contribution in [0, 0.1) is 0 Å². The van der Waals surface area contributed by atoms with Gasteiger partial charge in [-0.3, -0.25) is 4.79 Å². The largest absolute Gasteiger partial charge is 0.484 e. The Kier molecular flexibility index (Phi) is 4.97. The van der Waals surface area contributed by atoms with Gasteiger partial charge in [-0.15, -0.1) is 0 Å². The molecule has 94 valence electrons. The molecule has 1 unspecified atom stereocenters. The lowest BCUT2D eigenvalue weighted by Crippen LogP contribution is -2.31. The molecule has 1 aromatic rings. The Hall–Kier alpha value is -1.55. The number of rotatable bonds is 5. The molecule has 0 saturated heterocycles. The summed E-state index contributed by atoms with van der Waals surface area (Å²) < 4.78 is 5.38. The first kappa shape index (κ1) is 13.5. The summed E-state index contributed by atoms with van der Waals surface area (Å²) in [5, 5.41) is 9.42. The van der Waals surface area contributed by atoms with E-state index >= 15 is 0 Å². The smallest absolute Gasteiger partial charge is 0.260 e. The highest BCUT2D eigenvalue weighted by Gasteiger charge is 2.08. The molecular formula is C13H19NO3. The average Bonchev–Trinajstić information content (AvgIpc) is 2.35. The Labute approximate surface area is 102 Å². The number of hydrogen-bond donors (Lipinski definition) is 1. The second kappa shape index (κ2) is 6.25. The van der Waals surface area contributed by atoms with E-state index in [1.165, 1.54) is 0 Å². The van der Waals surface area contributed by atoms with Gasteiger partial charge in [-0.2, -0.15) is 0 Å². The van der Waals surface area contributed by atoms with Crippen molar-refractivity contribution in [3.8, 4) is 5.75 Å². The van der Waals surface area contributed by atoms with Crippen molar-refractivity contribution in [1.29, 1.82) is 0 Å². The normalized spacial score (nSPS) is 12.0. The third-order valence-corrected chi connectivity index (χ3v) is 2.60. The second-order valence-electron chi connectivity index (χ2n) is 3.95. The molecule has 1 N–H and O–H groups in total. The van der Waals surface area contributed by atoms with E-state index in [4.69, 9.17) is 4.74 Å². The van der Waals surface area contributed by atoms with Crippen LogP contribution in [0.3, 0.4) is 0 Å². The number of benzene rings is 1. The number of carbonyl (C=O) groups is 1. The first-order valence-electron chi connectivity index (χ1n) is 5.69. The molecule has 1 atom stereocenters. The number of nitrogens with zero attached hydrogens (tertiary/aromatic N) is 1. The standard InChI is InChI=1S/C13H19NO3/c1-4-14(3)13(16)9-17-12-7-5-6-11(8-12)10(2)15/h5-8,10,15H,4,9H2,1-3H3. The van der Waals surface area contributed by atoms with Crippen molar-refractivity contribution < 1.29 is 14.6 Å². The molecule has 0 fully saturated rings. The molecule has 0 aromatic heterocycles. The van der Waals surface area contributed by atoms with E-state index in [1.54, 1.807) is 37.1 Å². The fraction of sp³-hybridized carbons (Fsp3) is 0.462. The zero-order valence-electron chi connectivity index (χ0n) is 10.5. The van der Waals surface area contributed by atoms with Crippen LogP contribution in [-0.2, 0) is 4.79 Å². The van der Waals surface area contributed by atoms with Gasteiger partial charge in [0.1, 0.15) is 5.75 Å². The van der Waals surface area contributed by atoms with Gasteiger partial charge in [0.25, 0.3) is 5.91 Å². The molecule has 0 saturated carbocycles. The molecular weight excluding hydrogens is 218 g/mol. The van der Waals surface area contributed by atoms with Crippen LogP contribution in [0.15, 0.2) is 24.3 Å². The number of ether oxygens (including phenoxy) is 1. The molecule has 0 heterocycles. The minimum Gasteiger partial charge on any atom is -0.484 e. The highest BCUT2D eigenvalue weighted by atomic mass is 16.5. The Balaban J connectivity index is 2.57. The highest BCUT2D eigenvalue weighted by Crippen LogP contribution is 2.18. The summed E-state index contributed by atoms with van der Waals surface area (Å²) in [6, 6.07) is 7.12. The van der Waals surface area contributed by atoms with Crippen molar-refractivity contribution in [2.45, 2.75) is 20.0 Å². The molecule has 0 bridgehead atoms. The lowest BCUT2D eigenvalue weighted by Gasteiger charge is -2.15. The SMILES string of the molecule is CCN(C)C(=O)COc1cccc(C(C)O)c1. The van der Waals surface area contributed by atoms with Gasteiger partial charge in [0, 0.05) is 13.6 Å². The molecule has 0 aliphatic heterocycles. The predicted octanol–water partition coefficient (Wildman–Crippen LogP) is 1.60. The quantitative estimate of drug-likeness (QED) is 0.846. The van der Waals surface area contributed by atoms with Crippen LogP contribution in [0.5, 0.6) is 5.75 Å². The molecule has 0 radical (unpaired) electrons. The number of aliphatic hydroxyl groups is 1. The maximum absolute atomic E-state index is 11.5. The van der Waals surface area contributed by atoms with E-state index in [2.05, 4.69) is 0 Å². The van der Waals surface area contributed by atoms with Crippen molar-refractivity contribution in [2.24, 2.45) is 0 Å². The highest BCUT2D eigenvalue weighted by molar-refractivity contribution is 5.77. The average molecular weight is 237 g/mol. The molecule has 1 amide bonds. The summed E-state index contributed by atoms with van der Waals surface area (Å²) in [6.07, 6.45) is -0.535. The summed E-state index contributed by atoms with van der Waals surface area (Å²) in [7, 11) is 1.73. The van der Waals surface area contributed by atoms with Crippen LogP contribution in [0.25, 0.3) is 0 Å². The van der Waals surface area contributed by atoms with Crippen molar-refractivity contribution in [2.75, 3.05) is 20.2 Å². The van der Waals surface area contributed by atoms with Crippen LogP contribution in [0.1, 0.15) is 25.5 Å². The topological polar surface area (TPSA) is 49.8 Å². The minimum atomic E-state index is -0.535. The Morgan fingerprint density at radius 3 is 2.82 bits per heavy atom. The zero-order chi connectivity index (χ0) is 12.8. The number of likely N-dealkylation sites (N-methyl/N-ethyl adjacent to an activating group) is 1. The van der Waals surface area contributed by atoms with Crippen LogP contribution in [-0.4, -0.2) is 36.1 Å². The summed E-state index contributed by atoms with van der Waals surface area (Å²) in [6.45, 7) is 4.28. The zero-order valence-corrected chi connectivity index (χ0v) is 10.5. The maximum atomic E-state index is 11.5. The third-order valence-electron chi connectivity index (χ3n) is 2.60. The van der Waals surface area contributed by atoms with Crippen molar-refractivity contribution in [3.05, 3.63) is 29.8 Å². The number of carbonyl (C=O) groups excluding carboxylic acids is 1. The van der Waals surface area contributed by atoms with Gasteiger partial charge in [-0.05, 0) is 31.5 Å². The monoisotopic (exact) mass is 237 g/mol. The van der Waals surface area contributed by atoms with E-state index in [0.717, 1.165) is 5.56 Å². The Morgan fingerprint density at radius 1 is 1.53 bits per heavy atom. The first-order chi connectivity index (χ1) is 8.04. The van der Waals surface area contributed by atoms with Gasteiger partial charge in [0.05, 0.1) is 6.10 Å². The van der Waals surface area contributed by atoms with Gasteiger partial charge in [-0.25, -0.2) is 0 Å². The molecule has 0 aliphatic rings. The number of aliphatic hydroxyl groups excluding tert-OH is 1. The molecule has 4 heteroatoms. The van der Waals surface area contributed by atoms with Crippen LogP contribution < -0.4 is 4.74 Å².